The van der Waals surface area contributed by atoms with E-state index >= 15 is 0 Å². The first kappa shape index (κ1) is 12.9. The number of carbonyl (C=O) groups excluding carboxylic acids is 1. The first-order valence-electron chi connectivity index (χ1n) is 7.02. The molecule has 0 unspecified atom stereocenters. The summed E-state index contributed by atoms with van der Waals surface area (Å²) in [6.45, 7) is 0.148. The summed E-state index contributed by atoms with van der Waals surface area (Å²) in [5.41, 5.74) is 1.94. The molecule has 4 heteroatoms. The number of hydrogen-bond acceptors (Lipinski definition) is 3. The minimum absolute atomic E-state index is 0.148. The van der Waals surface area contributed by atoms with Crippen LogP contribution in [0.3, 0.4) is 0 Å². The lowest BCUT2D eigenvalue weighted by Crippen LogP contribution is -2.30. The molecule has 0 atom stereocenters. The van der Waals surface area contributed by atoms with Crippen molar-refractivity contribution in [3.8, 4) is 5.75 Å². The average molecular weight is 291 g/mol. The Kier molecular flexibility index (Phi) is 2.84. The van der Waals surface area contributed by atoms with Crippen molar-refractivity contribution in [2.75, 3.05) is 5.06 Å². The van der Waals surface area contributed by atoms with Crippen molar-refractivity contribution in [1.82, 2.24) is 0 Å². The normalized spacial score (nSPS) is 13.4. The van der Waals surface area contributed by atoms with Gasteiger partial charge in [-0.25, -0.2) is 0 Å². The molecule has 4 bridgehead atoms. The smallest absolute Gasteiger partial charge is 0.282 e. The number of amides is 1. The minimum Gasteiger partial charge on any atom is -0.508 e. The van der Waals surface area contributed by atoms with E-state index in [2.05, 4.69) is 0 Å². The van der Waals surface area contributed by atoms with E-state index in [9.17, 15) is 9.90 Å². The first-order chi connectivity index (χ1) is 10.8. The summed E-state index contributed by atoms with van der Waals surface area (Å²) in [7, 11) is 0. The van der Waals surface area contributed by atoms with Crippen LogP contribution in [0.1, 0.15) is 15.9 Å². The Balaban J connectivity index is 1.88. The van der Waals surface area contributed by atoms with Gasteiger partial charge in [-0.2, -0.15) is 5.06 Å². The zero-order chi connectivity index (χ0) is 15.1. The molecule has 0 radical (unpaired) electrons. The highest BCUT2D eigenvalue weighted by atomic mass is 16.7. The highest BCUT2D eigenvalue weighted by molar-refractivity contribution is 6.10. The summed E-state index contributed by atoms with van der Waals surface area (Å²) < 4.78 is 0. The van der Waals surface area contributed by atoms with E-state index in [-0.39, 0.29) is 18.3 Å². The number of rotatable bonds is 1. The number of benzene rings is 3. The zero-order valence-corrected chi connectivity index (χ0v) is 11.7. The van der Waals surface area contributed by atoms with Crippen LogP contribution in [0.2, 0.25) is 0 Å². The molecule has 3 aromatic carbocycles. The predicted molar refractivity (Wildman–Crippen MR) is 83.7 cm³/mol. The second kappa shape index (κ2) is 4.86. The lowest BCUT2D eigenvalue weighted by atomic mass is 10.0. The van der Waals surface area contributed by atoms with E-state index < -0.39 is 0 Å². The molecular weight excluding hydrogens is 278 g/mol. The van der Waals surface area contributed by atoms with Gasteiger partial charge in [0.2, 0.25) is 0 Å². The van der Waals surface area contributed by atoms with Gasteiger partial charge < -0.3 is 5.11 Å². The number of phenolic OH excluding ortho intramolecular Hbond substituents is 1. The van der Waals surface area contributed by atoms with Crippen molar-refractivity contribution in [2.24, 2.45) is 0 Å². The Labute approximate surface area is 127 Å². The van der Waals surface area contributed by atoms with Crippen LogP contribution in [0.15, 0.2) is 60.7 Å². The maximum atomic E-state index is 12.7. The standard InChI is InChI=1S/C18H13NO3/c20-17-10-9-14-13-7-4-8-16(14)19(22-11-15(13)17)18(21)12-5-2-1-3-6-12/h1-10,20H,11H2. The molecule has 0 saturated carbocycles. The fourth-order valence-electron chi connectivity index (χ4n) is 2.79. The first-order valence-corrected chi connectivity index (χ1v) is 7.02. The average Bonchev–Trinajstić information content (AvgIpc) is 2.62. The summed E-state index contributed by atoms with van der Waals surface area (Å²) in [5.74, 6) is -0.0475. The third-order valence-corrected chi connectivity index (χ3v) is 3.89. The van der Waals surface area contributed by atoms with E-state index in [0.29, 0.717) is 16.8 Å². The highest BCUT2D eigenvalue weighted by Gasteiger charge is 2.25. The quantitative estimate of drug-likeness (QED) is 0.744. The molecule has 1 heterocycles. The van der Waals surface area contributed by atoms with Gasteiger partial charge in [0.15, 0.2) is 0 Å². The SMILES string of the molecule is O=C(c1ccccc1)N1OCc2c(O)ccc3c1cccc23. The van der Waals surface area contributed by atoms with Gasteiger partial charge in [0.25, 0.3) is 5.91 Å². The Morgan fingerprint density at radius 2 is 1.77 bits per heavy atom. The number of anilines is 1. The van der Waals surface area contributed by atoms with Gasteiger partial charge in [0.1, 0.15) is 12.4 Å². The van der Waals surface area contributed by atoms with Crippen LogP contribution in [-0.4, -0.2) is 11.0 Å². The van der Waals surface area contributed by atoms with E-state index in [0.717, 1.165) is 10.8 Å². The van der Waals surface area contributed by atoms with E-state index in [1.807, 2.05) is 42.5 Å². The lowest BCUT2D eigenvalue weighted by Gasteiger charge is -2.20. The van der Waals surface area contributed by atoms with Crippen LogP contribution in [0.25, 0.3) is 10.8 Å². The third-order valence-electron chi connectivity index (χ3n) is 3.89. The molecular formula is C18H13NO3. The van der Waals surface area contributed by atoms with Crippen LogP contribution >= 0.6 is 0 Å². The Morgan fingerprint density at radius 1 is 0.955 bits per heavy atom. The Bertz CT molecular complexity index is 874. The van der Waals surface area contributed by atoms with Gasteiger partial charge in [-0.05, 0) is 35.7 Å². The van der Waals surface area contributed by atoms with Gasteiger partial charge in [0.05, 0.1) is 5.69 Å². The van der Waals surface area contributed by atoms with Crippen molar-refractivity contribution in [2.45, 2.75) is 6.61 Å². The van der Waals surface area contributed by atoms with Crippen molar-refractivity contribution in [3.05, 3.63) is 71.8 Å². The van der Waals surface area contributed by atoms with Crippen LogP contribution in [0, 0.1) is 0 Å². The number of hydrogen-bond donors (Lipinski definition) is 1. The van der Waals surface area contributed by atoms with E-state index in [1.54, 1.807) is 18.2 Å². The molecule has 108 valence electrons. The number of hydroxylamine groups is 1. The maximum Gasteiger partial charge on any atom is 0.282 e. The summed E-state index contributed by atoms with van der Waals surface area (Å²) in [4.78, 5) is 18.4. The molecule has 0 saturated heterocycles. The molecule has 4 nitrogen and oxygen atoms in total. The van der Waals surface area contributed by atoms with Gasteiger partial charge in [-0.1, -0.05) is 30.3 Å². The molecule has 22 heavy (non-hydrogen) atoms. The largest absolute Gasteiger partial charge is 0.508 e. The summed E-state index contributed by atoms with van der Waals surface area (Å²) >= 11 is 0. The molecule has 1 N–H and O–H groups in total. The van der Waals surface area contributed by atoms with Crippen LogP contribution in [0.5, 0.6) is 5.75 Å². The molecule has 1 aliphatic rings. The predicted octanol–water partition coefficient (Wildman–Crippen LogP) is 3.64. The minimum atomic E-state index is -0.227. The fourth-order valence-corrected chi connectivity index (χ4v) is 2.79. The molecule has 3 aromatic rings. The molecule has 0 spiro atoms. The molecule has 0 aromatic heterocycles. The maximum absolute atomic E-state index is 12.7. The monoisotopic (exact) mass is 291 g/mol. The second-order valence-corrected chi connectivity index (χ2v) is 5.17. The summed E-state index contributed by atoms with van der Waals surface area (Å²) in [5, 5.41) is 13.1. The van der Waals surface area contributed by atoms with Gasteiger partial charge in [0, 0.05) is 16.5 Å². The van der Waals surface area contributed by atoms with Crippen molar-refractivity contribution in [3.63, 3.8) is 0 Å². The van der Waals surface area contributed by atoms with Gasteiger partial charge in [-0.3, -0.25) is 9.63 Å². The number of phenols is 1. The molecule has 1 aliphatic heterocycles. The highest BCUT2D eigenvalue weighted by Crippen LogP contribution is 2.37. The van der Waals surface area contributed by atoms with Gasteiger partial charge in [-0.15, -0.1) is 0 Å². The topological polar surface area (TPSA) is 49.8 Å². The van der Waals surface area contributed by atoms with Crippen molar-refractivity contribution < 1.29 is 14.7 Å². The van der Waals surface area contributed by atoms with Crippen LogP contribution < -0.4 is 5.06 Å². The lowest BCUT2D eigenvalue weighted by molar-refractivity contribution is 0.0604. The van der Waals surface area contributed by atoms with Crippen LogP contribution in [0.4, 0.5) is 5.69 Å². The number of aromatic hydroxyl groups is 1. The third kappa shape index (κ3) is 1.85. The fraction of sp³-hybridized carbons (Fsp3) is 0.0556. The second-order valence-electron chi connectivity index (χ2n) is 5.17. The van der Waals surface area contributed by atoms with Crippen LogP contribution in [-0.2, 0) is 11.4 Å². The van der Waals surface area contributed by atoms with Crippen molar-refractivity contribution in [1.29, 1.82) is 0 Å². The zero-order valence-electron chi connectivity index (χ0n) is 11.7. The number of carbonyl (C=O) groups is 1. The van der Waals surface area contributed by atoms with Crippen molar-refractivity contribution >= 4 is 22.4 Å². The Hall–Kier alpha value is -2.85. The number of nitrogens with zero attached hydrogens (tertiary/aromatic N) is 1. The molecule has 4 rings (SSSR count). The van der Waals surface area contributed by atoms with Gasteiger partial charge >= 0.3 is 0 Å². The molecule has 0 aliphatic carbocycles. The van der Waals surface area contributed by atoms with E-state index in [4.69, 9.17) is 4.84 Å². The molecule has 0 fully saturated rings. The van der Waals surface area contributed by atoms with E-state index in [1.165, 1.54) is 5.06 Å². The molecule has 1 amide bonds. The summed E-state index contributed by atoms with van der Waals surface area (Å²) in [6, 6.07) is 18.1. The summed E-state index contributed by atoms with van der Waals surface area (Å²) in [6.07, 6.45) is 0. The Morgan fingerprint density at radius 3 is 2.59 bits per heavy atom.